The molecule has 0 atom stereocenters. The summed E-state index contributed by atoms with van der Waals surface area (Å²) in [6.45, 7) is 6.41. The minimum Gasteiger partial charge on any atom is -0.451 e. The number of nitrogens with zero attached hydrogens (tertiary/aromatic N) is 2. The highest BCUT2D eigenvalue weighted by Gasteiger charge is 2.25. The molecule has 0 unspecified atom stereocenters. The second-order valence-electron chi connectivity index (χ2n) is 6.61. The van der Waals surface area contributed by atoms with Gasteiger partial charge in [-0.05, 0) is 41.8 Å². The van der Waals surface area contributed by atoms with Gasteiger partial charge in [0.05, 0.1) is 0 Å². The van der Waals surface area contributed by atoms with Crippen molar-refractivity contribution in [3.05, 3.63) is 58.0 Å². The van der Waals surface area contributed by atoms with Crippen LogP contribution in [0.5, 0.6) is 0 Å². The van der Waals surface area contributed by atoms with E-state index in [-0.39, 0.29) is 5.91 Å². The van der Waals surface area contributed by atoms with Crippen molar-refractivity contribution in [2.24, 2.45) is 0 Å². The lowest BCUT2D eigenvalue weighted by atomic mass is 10.1. The van der Waals surface area contributed by atoms with E-state index >= 15 is 0 Å². The highest BCUT2D eigenvalue weighted by Crippen LogP contribution is 2.26. The smallest absolute Gasteiger partial charge is 0.289 e. The summed E-state index contributed by atoms with van der Waals surface area (Å²) in [5.41, 5.74) is 3.09. The van der Waals surface area contributed by atoms with Gasteiger partial charge in [0.2, 0.25) is 0 Å². The molecule has 0 aliphatic carbocycles. The van der Waals surface area contributed by atoms with Gasteiger partial charge in [-0.2, -0.15) is 11.3 Å². The van der Waals surface area contributed by atoms with E-state index in [4.69, 9.17) is 4.42 Å². The van der Waals surface area contributed by atoms with Gasteiger partial charge >= 0.3 is 0 Å². The van der Waals surface area contributed by atoms with Gasteiger partial charge in [0, 0.05) is 43.7 Å². The molecular formula is C20H22N2O2S. The summed E-state index contributed by atoms with van der Waals surface area (Å²) in [5, 5.41) is 5.35. The molecule has 3 heterocycles. The number of amides is 1. The predicted octanol–water partition coefficient (Wildman–Crippen LogP) is 4.15. The lowest BCUT2D eigenvalue weighted by Gasteiger charge is -2.21. The number of para-hydroxylation sites is 1. The van der Waals surface area contributed by atoms with Crippen LogP contribution in [0.2, 0.25) is 0 Å². The highest BCUT2D eigenvalue weighted by atomic mass is 32.1. The molecule has 0 bridgehead atoms. The first kappa shape index (κ1) is 16.4. The van der Waals surface area contributed by atoms with Crippen LogP contribution in [0.3, 0.4) is 0 Å². The standard InChI is InChI=1S/C20H22N2O2S/c1-15-17-5-2-3-6-18(17)24-19(15)20(23)22-9-4-8-21(10-11-22)13-16-7-12-25-14-16/h2-3,5-7,12,14H,4,8-11,13H2,1H3. The topological polar surface area (TPSA) is 36.7 Å². The van der Waals surface area contributed by atoms with Crippen LogP contribution in [-0.2, 0) is 6.54 Å². The number of carbonyl (C=O) groups excluding carboxylic acids is 1. The van der Waals surface area contributed by atoms with Crippen molar-refractivity contribution in [1.29, 1.82) is 0 Å². The molecule has 130 valence electrons. The van der Waals surface area contributed by atoms with Crippen LogP contribution in [-0.4, -0.2) is 41.9 Å². The lowest BCUT2D eigenvalue weighted by molar-refractivity contribution is 0.0730. The van der Waals surface area contributed by atoms with E-state index in [1.165, 1.54) is 5.56 Å². The number of thiophene rings is 1. The predicted molar refractivity (Wildman–Crippen MR) is 101 cm³/mol. The zero-order valence-corrected chi connectivity index (χ0v) is 15.2. The highest BCUT2D eigenvalue weighted by molar-refractivity contribution is 7.07. The van der Waals surface area contributed by atoms with E-state index in [9.17, 15) is 4.79 Å². The van der Waals surface area contributed by atoms with Crippen LogP contribution in [0, 0.1) is 6.92 Å². The Hall–Kier alpha value is -2.11. The van der Waals surface area contributed by atoms with Crippen LogP contribution >= 0.6 is 11.3 Å². The molecule has 1 aromatic carbocycles. The number of benzene rings is 1. The van der Waals surface area contributed by atoms with Gasteiger partial charge in [-0.1, -0.05) is 18.2 Å². The summed E-state index contributed by atoms with van der Waals surface area (Å²) >= 11 is 1.74. The van der Waals surface area contributed by atoms with Crippen LogP contribution < -0.4 is 0 Å². The molecule has 1 aliphatic rings. The van der Waals surface area contributed by atoms with Crippen molar-refractivity contribution < 1.29 is 9.21 Å². The van der Waals surface area contributed by atoms with Gasteiger partial charge in [0.1, 0.15) is 5.58 Å². The maximum absolute atomic E-state index is 13.0. The summed E-state index contributed by atoms with van der Waals surface area (Å²) < 4.78 is 5.86. The summed E-state index contributed by atoms with van der Waals surface area (Å²) in [5.74, 6) is 0.513. The molecule has 1 saturated heterocycles. The molecular weight excluding hydrogens is 332 g/mol. The summed E-state index contributed by atoms with van der Waals surface area (Å²) in [4.78, 5) is 17.4. The van der Waals surface area contributed by atoms with Crippen molar-refractivity contribution in [1.82, 2.24) is 9.80 Å². The average molecular weight is 354 g/mol. The largest absolute Gasteiger partial charge is 0.451 e. The van der Waals surface area contributed by atoms with E-state index in [0.717, 1.165) is 55.7 Å². The van der Waals surface area contributed by atoms with Gasteiger partial charge in [-0.3, -0.25) is 9.69 Å². The van der Waals surface area contributed by atoms with Crippen molar-refractivity contribution in [2.45, 2.75) is 19.9 Å². The van der Waals surface area contributed by atoms with Crippen molar-refractivity contribution in [3.8, 4) is 0 Å². The zero-order chi connectivity index (χ0) is 17.2. The Labute approximate surface area is 151 Å². The molecule has 0 radical (unpaired) electrons. The number of hydrogen-bond acceptors (Lipinski definition) is 4. The molecule has 3 aromatic rings. The Morgan fingerprint density at radius 3 is 2.84 bits per heavy atom. The molecule has 4 nitrogen and oxygen atoms in total. The summed E-state index contributed by atoms with van der Waals surface area (Å²) in [6, 6.07) is 10.0. The minimum atomic E-state index is 0.0195. The van der Waals surface area contributed by atoms with E-state index < -0.39 is 0 Å². The number of aryl methyl sites for hydroxylation is 1. The number of furan rings is 1. The molecule has 2 aromatic heterocycles. The monoisotopic (exact) mass is 354 g/mol. The third-order valence-electron chi connectivity index (χ3n) is 4.90. The van der Waals surface area contributed by atoms with Crippen molar-refractivity contribution in [2.75, 3.05) is 26.2 Å². The molecule has 25 heavy (non-hydrogen) atoms. The summed E-state index contributed by atoms with van der Waals surface area (Å²) in [6.07, 6.45) is 0.995. The fourth-order valence-corrected chi connectivity index (χ4v) is 4.15. The number of fused-ring (bicyclic) bond motifs is 1. The molecule has 1 aliphatic heterocycles. The zero-order valence-electron chi connectivity index (χ0n) is 14.4. The Morgan fingerprint density at radius 1 is 1.16 bits per heavy atom. The fraction of sp³-hybridized carbons (Fsp3) is 0.350. The Kier molecular flexibility index (Phi) is 4.59. The second kappa shape index (κ2) is 7.02. The van der Waals surface area contributed by atoms with Gasteiger partial charge in [0.25, 0.3) is 5.91 Å². The van der Waals surface area contributed by atoms with Crippen LogP contribution in [0.25, 0.3) is 11.0 Å². The number of hydrogen-bond donors (Lipinski definition) is 0. The Bertz CT molecular complexity index is 869. The average Bonchev–Trinajstić information content (AvgIpc) is 3.18. The van der Waals surface area contributed by atoms with E-state index in [0.29, 0.717) is 5.76 Å². The van der Waals surface area contributed by atoms with E-state index in [2.05, 4.69) is 21.7 Å². The van der Waals surface area contributed by atoms with Crippen molar-refractivity contribution >= 4 is 28.2 Å². The second-order valence-corrected chi connectivity index (χ2v) is 7.39. The molecule has 4 rings (SSSR count). The lowest BCUT2D eigenvalue weighted by Crippen LogP contribution is -2.35. The molecule has 5 heteroatoms. The Morgan fingerprint density at radius 2 is 2.04 bits per heavy atom. The first-order valence-electron chi connectivity index (χ1n) is 8.73. The third-order valence-corrected chi connectivity index (χ3v) is 5.63. The fourth-order valence-electron chi connectivity index (χ4n) is 3.49. The van der Waals surface area contributed by atoms with Crippen LogP contribution in [0.4, 0.5) is 0 Å². The quantitative estimate of drug-likeness (QED) is 0.709. The molecule has 0 saturated carbocycles. The van der Waals surface area contributed by atoms with Gasteiger partial charge in [-0.25, -0.2) is 0 Å². The first-order chi connectivity index (χ1) is 12.2. The number of carbonyl (C=O) groups is 1. The van der Waals surface area contributed by atoms with Gasteiger partial charge in [0.15, 0.2) is 5.76 Å². The normalized spacial score (nSPS) is 16.3. The van der Waals surface area contributed by atoms with E-state index in [1.54, 1.807) is 11.3 Å². The third kappa shape index (κ3) is 3.34. The van der Waals surface area contributed by atoms with Crippen LogP contribution in [0.15, 0.2) is 45.5 Å². The molecule has 1 fully saturated rings. The maximum atomic E-state index is 13.0. The minimum absolute atomic E-state index is 0.0195. The van der Waals surface area contributed by atoms with Gasteiger partial charge < -0.3 is 9.32 Å². The SMILES string of the molecule is Cc1c(C(=O)N2CCCN(Cc3ccsc3)CC2)oc2ccccc12. The summed E-state index contributed by atoms with van der Waals surface area (Å²) in [7, 11) is 0. The Balaban J connectivity index is 1.47. The molecule has 1 amide bonds. The van der Waals surface area contributed by atoms with E-state index in [1.807, 2.05) is 36.1 Å². The maximum Gasteiger partial charge on any atom is 0.289 e. The first-order valence-corrected chi connectivity index (χ1v) is 9.67. The molecule has 0 N–H and O–H groups in total. The van der Waals surface area contributed by atoms with Crippen molar-refractivity contribution in [3.63, 3.8) is 0 Å². The van der Waals surface area contributed by atoms with Crippen LogP contribution in [0.1, 0.15) is 28.1 Å². The van der Waals surface area contributed by atoms with Gasteiger partial charge in [-0.15, -0.1) is 0 Å². The molecule has 0 spiro atoms. The number of rotatable bonds is 3.